The van der Waals surface area contributed by atoms with Crippen molar-refractivity contribution < 1.29 is 18.0 Å². The number of alkyl halides is 3. The van der Waals surface area contributed by atoms with Gasteiger partial charge in [0, 0.05) is 12.2 Å². The molecule has 0 aliphatic rings. The molecule has 0 atom stereocenters. The Labute approximate surface area is 158 Å². The number of urea groups is 1. The molecule has 28 heavy (non-hydrogen) atoms. The molecule has 0 saturated heterocycles. The maximum atomic E-state index is 13.4. The van der Waals surface area contributed by atoms with Crippen LogP contribution >= 0.6 is 0 Å². The van der Waals surface area contributed by atoms with Crippen LogP contribution in [0.5, 0.6) is 0 Å². The van der Waals surface area contributed by atoms with Crippen LogP contribution in [0.2, 0.25) is 0 Å². The van der Waals surface area contributed by atoms with Crippen LogP contribution in [0.3, 0.4) is 0 Å². The van der Waals surface area contributed by atoms with Gasteiger partial charge in [0.25, 0.3) is 0 Å². The summed E-state index contributed by atoms with van der Waals surface area (Å²) >= 11 is 0. The summed E-state index contributed by atoms with van der Waals surface area (Å²) in [6.45, 7) is 2.21. The lowest BCUT2D eigenvalue weighted by atomic mass is 10.1. The minimum atomic E-state index is -4.64. The number of carbonyl (C=O) groups is 1. The summed E-state index contributed by atoms with van der Waals surface area (Å²) in [5.74, 6) is 0. The third-order valence-electron chi connectivity index (χ3n) is 4.08. The maximum Gasteiger partial charge on any atom is 0.418 e. The lowest BCUT2D eigenvalue weighted by molar-refractivity contribution is -0.136. The first-order valence-electron chi connectivity index (χ1n) is 8.44. The van der Waals surface area contributed by atoms with E-state index in [2.05, 4.69) is 30.9 Å². The Morgan fingerprint density at radius 3 is 2.79 bits per heavy atom. The molecule has 148 valence electrons. The summed E-state index contributed by atoms with van der Waals surface area (Å²) in [7, 11) is 0. The zero-order chi connectivity index (χ0) is 20.1. The number of H-pyrrole nitrogens is 1. The lowest BCUT2D eigenvalue weighted by Gasteiger charge is -2.15. The average Bonchev–Trinajstić information content (AvgIpc) is 3.30. The number of hydrogen-bond acceptors (Lipinski definition) is 4. The van der Waals surface area contributed by atoms with Crippen molar-refractivity contribution in [3.8, 4) is 5.69 Å². The van der Waals surface area contributed by atoms with Crippen LogP contribution < -0.4 is 10.6 Å². The van der Waals surface area contributed by atoms with Gasteiger partial charge in [-0.25, -0.2) is 14.5 Å². The summed E-state index contributed by atoms with van der Waals surface area (Å²) in [6, 6.07) is 2.81. The van der Waals surface area contributed by atoms with Crippen molar-refractivity contribution in [3.05, 3.63) is 53.9 Å². The number of halogens is 3. The zero-order valence-electron chi connectivity index (χ0n) is 14.9. The summed E-state index contributed by atoms with van der Waals surface area (Å²) in [6.07, 6.45) is 0.906. The number of nitrogens with zero attached hydrogens (tertiary/aromatic N) is 4. The van der Waals surface area contributed by atoms with Crippen molar-refractivity contribution in [2.45, 2.75) is 25.9 Å². The molecular formula is C17H18F3N7O. The largest absolute Gasteiger partial charge is 0.418 e. The Morgan fingerprint density at radius 2 is 2.14 bits per heavy atom. The van der Waals surface area contributed by atoms with Gasteiger partial charge >= 0.3 is 12.2 Å². The fourth-order valence-electron chi connectivity index (χ4n) is 2.63. The monoisotopic (exact) mass is 393 g/mol. The van der Waals surface area contributed by atoms with Crippen molar-refractivity contribution in [3.63, 3.8) is 0 Å². The van der Waals surface area contributed by atoms with E-state index in [1.807, 2.05) is 6.92 Å². The van der Waals surface area contributed by atoms with E-state index in [1.165, 1.54) is 29.5 Å². The summed E-state index contributed by atoms with van der Waals surface area (Å²) < 4.78 is 41.4. The highest BCUT2D eigenvalue weighted by Gasteiger charge is 2.34. The Morgan fingerprint density at radius 1 is 1.32 bits per heavy atom. The van der Waals surface area contributed by atoms with Gasteiger partial charge in [-0.1, -0.05) is 0 Å². The molecule has 0 fully saturated rings. The molecule has 0 aliphatic carbocycles. The van der Waals surface area contributed by atoms with Crippen LogP contribution in [0.25, 0.3) is 5.69 Å². The Hall–Kier alpha value is -3.37. The van der Waals surface area contributed by atoms with Crippen molar-refractivity contribution >= 4 is 11.7 Å². The smallest absolute Gasteiger partial charge is 0.338 e. The first-order chi connectivity index (χ1) is 13.3. The third-order valence-corrected chi connectivity index (χ3v) is 4.08. The fourth-order valence-corrected chi connectivity index (χ4v) is 2.63. The SMILES string of the molecule is Cc1[nH]ncc1CCCNC(=O)Nc1ccc(-n2cncn2)cc1C(F)(F)F. The van der Waals surface area contributed by atoms with Crippen LogP contribution in [0.4, 0.5) is 23.7 Å². The predicted molar refractivity (Wildman–Crippen MR) is 95.0 cm³/mol. The number of benzene rings is 1. The van der Waals surface area contributed by atoms with E-state index < -0.39 is 17.8 Å². The molecule has 0 spiro atoms. The molecule has 3 N–H and O–H groups in total. The number of aryl methyl sites for hydroxylation is 2. The average molecular weight is 393 g/mol. The second kappa shape index (κ2) is 8.11. The van der Waals surface area contributed by atoms with Gasteiger partial charge in [-0.3, -0.25) is 5.10 Å². The normalized spacial score (nSPS) is 11.4. The molecule has 0 aliphatic heterocycles. The molecule has 0 bridgehead atoms. The quantitative estimate of drug-likeness (QED) is 0.560. The summed E-state index contributed by atoms with van der Waals surface area (Å²) in [5, 5.41) is 15.4. The number of rotatable bonds is 6. The first kappa shape index (κ1) is 19.4. The molecule has 1 aromatic carbocycles. The van der Waals surface area contributed by atoms with E-state index in [-0.39, 0.29) is 11.4 Å². The molecular weight excluding hydrogens is 375 g/mol. The van der Waals surface area contributed by atoms with Crippen molar-refractivity contribution in [2.24, 2.45) is 0 Å². The van der Waals surface area contributed by atoms with Gasteiger partial charge in [-0.15, -0.1) is 0 Å². The molecule has 2 heterocycles. The molecule has 0 saturated carbocycles. The van der Waals surface area contributed by atoms with E-state index >= 15 is 0 Å². The van der Waals surface area contributed by atoms with Crippen LogP contribution in [-0.2, 0) is 12.6 Å². The second-order valence-electron chi connectivity index (χ2n) is 6.07. The van der Waals surface area contributed by atoms with E-state index in [4.69, 9.17) is 0 Å². The predicted octanol–water partition coefficient (Wildman–Crippen LogP) is 3.07. The van der Waals surface area contributed by atoms with Gasteiger partial charge < -0.3 is 10.6 Å². The number of carbonyl (C=O) groups excluding carboxylic acids is 1. The highest BCUT2D eigenvalue weighted by Crippen LogP contribution is 2.36. The zero-order valence-corrected chi connectivity index (χ0v) is 14.9. The molecule has 0 unspecified atom stereocenters. The summed E-state index contributed by atoms with van der Waals surface area (Å²) in [4.78, 5) is 15.7. The molecule has 8 nitrogen and oxygen atoms in total. The molecule has 0 radical (unpaired) electrons. The minimum Gasteiger partial charge on any atom is -0.338 e. The molecule has 2 amide bonds. The van der Waals surface area contributed by atoms with Crippen LogP contribution in [0.15, 0.2) is 37.1 Å². The molecule has 3 rings (SSSR count). The number of amides is 2. The van der Waals surface area contributed by atoms with E-state index in [0.717, 1.165) is 17.3 Å². The second-order valence-corrected chi connectivity index (χ2v) is 6.07. The standard InChI is InChI=1S/C17H18F3N7O/c1-11-12(8-23-26-11)3-2-6-22-16(28)25-15-5-4-13(27-10-21-9-24-27)7-14(15)17(18,19)20/h4-5,7-10H,2-3,6H2,1H3,(H,23,26)(H2,22,25,28). The molecule has 2 aromatic heterocycles. The van der Waals surface area contributed by atoms with Crippen LogP contribution in [0, 0.1) is 6.92 Å². The van der Waals surface area contributed by atoms with E-state index in [0.29, 0.717) is 19.4 Å². The molecule has 11 heteroatoms. The highest BCUT2D eigenvalue weighted by atomic mass is 19.4. The highest BCUT2D eigenvalue weighted by molar-refractivity contribution is 5.90. The number of anilines is 1. The third kappa shape index (κ3) is 4.67. The molecule has 3 aromatic rings. The van der Waals surface area contributed by atoms with Crippen LogP contribution in [0.1, 0.15) is 23.2 Å². The van der Waals surface area contributed by atoms with Crippen molar-refractivity contribution in [2.75, 3.05) is 11.9 Å². The van der Waals surface area contributed by atoms with E-state index in [1.54, 1.807) is 6.20 Å². The number of aromatic nitrogens is 5. The van der Waals surface area contributed by atoms with Gasteiger partial charge in [0.1, 0.15) is 12.7 Å². The number of hydrogen-bond donors (Lipinski definition) is 3. The Balaban J connectivity index is 1.62. The topological polar surface area (TPSA) is 101 Å². The van der Waals surface area contributed by atoms with Crippen molar-refractivity contribution in [1.82, 2.24) is 30.3 Å². The minimum absolute atomic E-state index is 0.186. The fraction of sp³-hybridized carbons (Fsp3) is 0.294. The van der Waals surface area contributed by atoms with Crippen molar-refractivity contribution in [1.29, 1.82) is 0 Å². The number of nitrogens with one attached hydrogen (secondary N) is 3. The Kier molecular flexibility index (Phi) is 5.62. The van der Waals surface area contributed by atoms with Gasteiger partial charge in [0.05, 0.1) is 23.1 Å². The van der Waals surface area contributed by atoms with Gasteiger partial charge in [0.2, 0.25) is 0 Å². The number of aromatic amines is 1. The maximum absolute atomic E-state index is 13.4. The van der Waals surface area contributed by atoms with E-state index in [9.17, 15) is 18.0 Å². The lowest BCUT2D eigenvalue weighted by Crippen LogP contribution is -2.30. The Bertz CT molecular complexity index is 935. The van der Waals surface area contributed by atoms with Gasteiger partial charge in [-0.2, -0.15) is 23.4 Å². The van der Waals surface area contributed by atoms with Gasteiger partial charge in [-0.05, 0) is 43.5 Å². The van der Waals surface area contributed by atoms with Gasteiger partial charge in [0.15, 0.2) is 0 Å². The van der Waals surface area contributed by atoms with Crippen LogP contribution in [-0.4, -0.2) is 37.5 Å². The summed E-state index contributed by atoms with van der Waals surface area (Å²) in [5.41, 5.74) is 0.868. The first-order valence-corrected chi connectivity index (χ1v) is 8.44.